The number of carbonyl (C=O) groups excluding carboxylic acids is 2. The number of fused-ring (bicyclic) bond motifs is 2. The molecule has 6 aromatic rings. The van der Waals surface area contributed by atoms with Gasteiger partial charge in [-0.2, -0.15) is 0 Å². The van der Waals surface area contributed by atoms with E-state index < -0.39 is 24.1 Å². The molecule has 0 bridgehead atoms. The van der Waals surface area contributed by atoms with Crippen LogP contribution in [0.2, 0.25) is 0 Å². The first kappa shape index (κ1) is 40.9. The van der Waals surface area contributed by atoms with Crippen molar-refractivity contribution in [2.75, 3.05) is 75.2 Å². The normalized spacial score (nSPS) is 16.2. The molecule has 0 radical (unpaired) electrons. The van der Waals surface area contributed by atoms with Crippen molar-refractivity contribution in [1.29, 1.82) is 0 Å². The number of piperazine rings is 2. The average Bonchev–Trinajstić information content (AvgIpc) is 3.28. The summed E-state index contributed by atoms with van der Waals surface area (Å²) in [6, 6.07) is 37.6. The van der Waals surface area contributed by atoms with Crippen LogP contribution < -0.4 is 9.80 Å². The number of anilines is 2. The van der Waals surface area contributed by atoms with Gasteiger partial charge in [-0.1, -0.05) is 111 Å². The summed E-state index contributed by atoms with van der Waals surface area (Å²) in [4.78, 5) is 45.7. The van der Waals surface area contributed by atoms with Crippen LogP contribution in [0.4, 0.5) is 11.6 Å². The minimum Gasteiger partial charge on any atom is -0.454 e. The number of benzene rings is 4. The standard InChI is InChI=1S/C50H56N6O4/c1-5-53-23-27-55(28-24-53)47-43-13-9-7-11-41(43)33-45(51-47)39-19-15-37(16-20-39)31-35(3)59-49(57)50(58)60-36(4)32-38-17-21-40(22-18-38)46-34-42-12-8-10-14-44(42)48(52-46)56-29-25-54(6-2)26-30-56/h7-22,33-36H,5-6,23-32H2,1-4H3. The Hall–Kier alpha value is -5.84. The lowest BCUT2D eigenvalue weighted by atomic mass is 10.0. The summed E-state index contributed by atoms with van der Waals surface area (Å²) in [5, 5.41) is 4.67. The Bertz CT molecular complexity index is 2250. The smallest absolute Gasteiger partial charge is 0.417 e. The Kier molecular flexibility index (Phi) is 12.7. The maximum Gasteiger partial charge on any atom is 0.417 e. The Morgan fingerprint density at radius 1 is 0.533 bits per heavy atom. The number of esters is 2. The second-order valence-electron chi connectivity index (χ2n) is 16.2. The summed E-state index contributed by atoms with van der Waals surface area (Å²) in [5.41, 5.74) is 5.87. The van der Waals surface area contributed by atoms with Gasteiger partial charge >= 0.3 is 11.9 Å². The van der Waals surface area contributed by atoms with Crippen LogP contribution >= 0.6 is 0 Å². The molecule has 2 aliphatic heterocycles. The van der Waals surface area contributed by atoms with E-state index in [1.54, 1.807) is 13.8 Å². The number of nitrogens with zero attached hydrogens (tertiary/aromatic N) is 6. The SMILES string of the molecule is CCN1CCN(c2nc(-c3ccc(CC(C)OC(=O)C(=O)OC(C)Cc4ccc(-c5cc6ccccc6c(N6CCN(CC)CC6)n5)cc4)cc3)cc3ccccc23)CC1. The van der Waals surface area contributed by atoms with Crippen molar-refractivity contribution in [2.45, 2.75) is 52.7 Å². The highest BCUT2D eigenvalue weighted by atomic mass is 16.6. The van der Waals surface area contributed by atoms with E-state index in [-0.39, 0.29) is 0 Å². The van der Waals surface area contributed by atoms with Crippen LogP contribution in [0, 0.1) is 0 Å². The quantitative estimate of drug-likeness (QED) is 0.0895. The van der Waals surface area contributed by atoms with Crippen molar-refractivity contribution < 1.29 is 19.1 Å². The van der Waals surface area contributed by atoms with E-state index in [0.717, 1.165) is 111 Å². The summed E-state index contributed by atoms with van der Waals surface area (Å²) in [5.74, 6) is 0.0942. The zero-order valence-electron chi connectivity index (χ0n) is 35.3. The predicted molar refractivity (Wildman–Crippen MR) is 242 cm³/mol. The number of hydrogen-bond donors (Lipinski definition) is 0. The molecule has 0 N–H and O–H groups in total. The molecule has 2 unspecified atom stereocenters. The van der Waals surface area contributed by atoms with Gasteiger partial charge < -0.3 is 29.1 Å². The molecule has 2 fully saturated rings. The molecule has 0 aliphatic carbocycles. The van der Waals surface area contributed by atoms with E-state index >= 15 is 0 Å². The van der Waals surface area contributed by atoms with Gasteiger partial charge in [0, 0.05) is 87.1 Å². The molecule has 0 amide bonds. The highest BCUT2D eigenvalue weighted by Gasteiger charge is 2.24. The van der Waals surface area contributed by atoms with Crippen molar-refractivity contribution in [3.05, 3.63) is 120 Å². The van der Waals surface area contributed by atoms with Crippen molar-refractivity contribution in [1.82, 2.24) is 19.8 Å². The lowest BCUT2D eigenvalue weighted by Gasteiger charge is -2.35. The number of rotatable bonds is 12. The molecule has 0 saturated carbocycles. The molecule has 310 valence electrons. The number of likely N-dealkylation sites (N-methyl/N-ethyl adjacent to an activating group) is 2. The van der Waals surface area contributed by atoms with E-state index in [1.807, 2.05) is 24.3 Å². The fraction of sp³-hybridized carbons (Fsp3) is 0.360. The minimum absolute atomic E-state index is 0.461. The third-order valence-electron chi connectivity index (χ3n) is 12.0. The van der Waals surface area contributed by atoms with Crippen LogP contribution in [0.25, 0.3) is 44.1 Å². The number of pyridine rings is 2. The molecule has 2 saturated heterocycles. The van der Waals surface area contributed by atoms with Gasteiger partial charge in [-0.3, -0.25) is 0 Å². The summed E-state index contributed by atoms with van der Waals surface area (Å²) >= 11 is 0. The number of ether oxygens (including phenoxy) is 2. The van der Waals surface area contributed by atoms with E-state index in [2.05, 4.69) is 118 Å². The van der Waals surface area contributed by atoms with Crippen LogP contribution in [-0.4, -0.2) is 109 Å². The zero-order valence-corrected chi connectivity index (χ0v) is 35.3. The molecule has 2 aliphatic rings. The van der Waals surface area contributed by atoms with E-state index in [1.165, 1.54) is 21.5 Å². The van der Waals surface area contributed by atoms with Crippen molar-refractivity contribution in [2.24, 2.45) is 0 Å². The van der Waals surface area contributed by atoms with Gasteiger partial charge in [-0.05, 0) is 61.0 Å². The van der Waals surface area contributed by atoms with Gasteiger partial charge in [-0.15, -0.1) is 0 Å². The van der Waals surface area contributed by atoms with E-state index in [9.17, 15) is 9.59 Å². The summed E-state index contributed by atoms with van der Waals surface area (Å²) in [6.45, 7) is 18.1. The largest absolute Gasteiger partial charge is 0.454 e. The van der Waals surface area contributed by atoms with Gasteiger partial charge in [0.1, 0.15) is 23.8 Å². The van der Waals surface area contributed by atoms with Crippen LogP contribution in [0.3, 0.4) is 0 Å². The molecule has 4 aromatic carbocycles. The van der Waals surface area contributed by atoms with Gasteiger partial charge in [0.05, 0.1) is 11.4 Å². The van der Waals surface area contributed by atoms with Crippen LogP contribution in [0.5, 0.6) is 0 Å². The third kappa shape index (κ3) is 9.46. The van der Waals surface area contributed by atoms with Crippen molar-refractivity contribution in [3.63, 3.8) is 0 Å². The molecular weight excluding hydrogens is 749 g/mol. The summed E-state index contributed by atoms with van der Waals surface area (Å²) in [7, 11) is 0. The minimum atomic E-state index is -0.983. The van der Waals surface area contributed by atoms with Crippen LogP contribution in [0.15, 0.2) is 109 Å². The molecule has 8 rings (SSSR count). The summed E-state index contributed by atoms with van der Waals surface area (Å²) < 4.78 is 11.1. The van der Waals surface area contributed by atoms with E-state index in [4.69, 9.17) is 19.4 Å². The topological polar surface area (TPSA) is 91.3 Å². The fourth-order valence-electron chi connectivity index (χ4n) is 8.52. The molecular formula is C50H56N6O4. The first-order valence-corrected chi connectivity index (χ1v) is 21.6. The average molecular weight is 805 g/mol. The maximum atomic E-state index is 12.8. The van der Waals surface area contributed by atoms with Gasteiger partial charge in [0.15, 0.2) is 0 Å². The lowest BCUT2D eigenvalue weighted by Crippen LogP contribution is -2.46. The molecule has 2 aromatic heterocycles. The highest BCUT2D eigenvalue weighted by Crippen LogP contribution is 2.33. The van der Waals surface area contributed by atoms with Gasteiger partial charge in [-0.25, -0.2) is 19.6 Å². The summed E-state index contributed by atoms with van der Waals surface area (Å²) in [6.07, 6.45) is -0.114. The number of aromatic nitrogens is 2. The zero-order chi connectivity index (χ0) is 41.6. The van der Waals surface area contributed by atoms with Gasteiger partial charge in [0.25, 0.3) is 0 Å². The maximum absolute atomic E-state index is 12.8. The van der Waals surface area contributed by atoms with E-state index in [0.29, 0.717) is 12.8 Å². The lowest BCUT2D eigenvalue weighted by molar-refractivity contribution is -0.173. The molecule has 4 heterocycles. The van der Waals surface area contributed by atoms with Crippen molar-refractivity contribution >= 4 is 45.1 Å². The molecule has 60 heavy (non-hydrogen) atoms. The Morgan fingerprint density at radius 2 is 0.900 bits per heavy atom. The number of hydrogen-bond acceptors (Lipinski definition) is 10. The fourth-order valence-corrected chi connectivity index (χ4v) is 8.52. The van der Waals surface area contributed by atoms with Crippen LogP contribution in [0.1, 0.15) is 38.8 Å². The highest BCUT2D eigenvalue weighted by molar-refractivity contribution is 6.29. The third-order valence-corrected chi connectivity index (χ3v) is 12.0. The Morgan fingerprint density at radius 3 is 1.27 bits per heavy atom. The second-order valence-corrected chi connectivity index (χ2v) is 16.2. The van der Waals surface area contributed by atoms with Crippen LogP contribution in [-0.2, 0) is 31.9 Å². The first-order valence-electron chi connectivity index (χ1n) is 21.6. The predicted octanol–water partition coefficient (Wildman–Crippen LogP) is 8.05. The molecule has 2 atom stereocenters. The number of carbonyl (C=O) groups is 2. The Labute approximate surface area is 353 Å². The monoisotopic (exact) mass is 804 g/mol. The molecule has 10 nitrogen and oxygen atoms in total. The van der Waals surface area contributed by atoms with Crippen molar-refractivity contribution in [3.8, 4) is 22.5 Å². The molecule has 10 heteroatoms. The Balaban J connectivity index is 0.845. The molecule has 0 spiro atoms. The second kappa shape index (κ2) is 18.6. The first-order chi connectivity index (χ1) is 29.2. The van der Waals surface area contributed by atoms with Gasteiger partial charge in [0.2, 0.25) is 0 Å².